The van der Waals surface area contributed by atoms with Crippen LogP contribution in [0.2, 0.25) is 0 Å². The van der Waals surface area contributed by atoms with Gasteiger partial charge in [0.15, 0.2) is 0 Å². The average Bonchev–Trinajstić information content (AvgIpc) is 3.16. The lowest BCUT2D eigenvalue weighted by molar-refractivity contribution is -0.116. The SMILES string of the molecule is CCOC(=O)c1cc(CC)sc1NC(=O)Cn1c(=O)sc2ccccc21. The van der Waals surface area contributed by atoms with Gasteiger partial charge in [-0.25, -0.2) is 4.79 Å². The maximum Gasteiger partial charge on any atom is 0.341 e. The van der Waals surface area contributed by atoms with E-state index in [1.54, 1.807) is 13.0 Å². The first-order valence-electron chi connectivity index (χ1n) is 8.21. The molecule has 0 fully saturated rings. The van der Waals surface area contributed by atoms with Crippen molar-refractivity contribution in [3.05, 3.63) is 50.4 Å². The van der Waals surface area contributed by atoms with Gasteiger partial charge in [-0.3, -0.25) is 14.2 Å². The van der Waals surface area contributed by atoms with Crippen molar-refractivity contribution in [1.29, 1.82) is 0 Å². The minimum atomic E-state index is -0.461. The predicted octanol–water partition coefficient (Wildman–Crippen LogP) is 3.50. The molecule has 0 radical (unpaired) electrons. The van der Waals surface area contributed by atoms with E-state index in [1.165, 1.54) is 15.9 Å². The first-order chi connectivity index (χ1) is 12.5. The monoisotopic (exact) mass is 390 g/mol. The number of aryl methyl sites for hydroxylation is 1. The molecule has 0 saturated carbocycles. The van der Waals surface area contributed by atoms with Crippen molar-refractivity contribution >= 4 is 49.8 Å². The molecule has 8 heteroatoms. The fourth-order valence-corrected chi connectivity index (χ4v) is 4.43. The smallest absolute Gasteiger partial charge is 0.341 e. The summed E-state index contributed by atoms with van der Waals surface area (Å²) in [5, 5.41) is 3.21. The highest BCUT2D eigenvalue weighted by Crippen LogP contribution is 2.29. The highest BCUT2D eigenvalue weighted by Gasteiger charge is 2.19. The molecule has 1 N–H and O–H groups in total. The molecular formula is C18H18N2O4S2. The van der Waals surface area contributed by atoms with E-state index in [9.17, 15) is 14.4 Å². The quantitative estimate of drug-likeness (QED) is 0.654. The Hall–Kier alpha value is -2.45. The number of hydrogen-bond donors (Lipinski definition) is 1. The van der Waals surface area contributed by atoms with Crippen LogP contribution in [-0.2, 0) is 22.5 Å². The molecule has 136 valence electrons. The number of benzene rings is 1. The van der Waals surface area contributed by atoms with Crippen molar-refractivity contribution < 1.29 is 14.3 Å². The Morgan fingerprint density at radius 2 is 1.96 bits per heavy atom. The van der Waals surface area contributed by atoms with Crippen LogP contribution in [0.3, 0.4) is 0 Å². The number of esters is 1. The van der Waals surface area contributed by atoms with Crippen molar-refractivity contribution in [1.82, 2.24) is 4.57 Å². The second kappa shape index (κ2) is 7.84. The Labute approximate surface area is 158 Å². The fourth-order valence-electron chi connectivity index (χ4n) is 2.54. The molecule has 1 aromatic carbocycles. The van der Waals surface area contributed by atoms with Gasteiger partial charge in [-0.15, -0.1) is 11.3 Å². The van der Waals surface area contributed by atoms with Gasteiger partial charge in [0.1, 0.15) is 11.5 Å². The Morgan fingerprint density at radius 3 is 2.69 bits per heavy atom. The van der Waals surface area contributed by atoms with Gasteiger partial charge in [0.05, 0.1) is 22.4 Å². The van der Waals surface area contributed by atoms with Gasteiger partial charge in [0.2, 0.25) is 5.91 Å². The average molecular weight is 390 g/mol. The molecule has 2 heterocycles. The van der Waals surface area contributed by atoms with Crippen molar-refractivity contribution in [2.75, 3.05) is 11.9 Å². The molecule has 0 aliphatic heterocycles. The normalized spacial score (nSPS) is 10.8. The van der Waals surface area contributed by atoms with E-state index < -0.39 is 5.97 Å². The lowest BCUT2D eigenvalue weighted by Crippen LogP contribution is -2.24. The molecule has 26 heavy (non-hydrogen) atoms. The van der Waals surface area contributed by atoms with Crippen LogP contribution in [-0.4, -0.2) is 23.1 Å². The summed E-state index contributed by atoms with van der Waals surface area (Å²) >= 11 is 2.45. The number of thiophene rings is 1. The first-order valence-corrected chi connectivity index (χ1v) is 9.84. The number of nitrogens with zero attached hydrogens (tertiary/aromatic N) is 1. The van der Waals surface area contributed by atoms with E-state index in [4.69, 9.17) is 4.74 Å². The topological polar surface area (TPSA) is 77.4 Å². The summed E-state index contributed by atoms with van der Waals surface area (Å²) in [6.07, 6.45) is 0.752. The van der Waals surface area contributed by atoms with Crippen LogP contribution >= 0.6 is 22.7 Å². The van der Waals surface area contributed by atoms with Crippen LogP contribution in [0.4, 0.5) is 5.00 Å². The number of thiazole rings is 1. The van der Waals surface area contributed by atoms with Crippen LogP contribution in [0.15, 0.2) is 35.1 Å². The lowest BCUT2D eigenvalue weighted by Gasteiger charge is -2.07. The number of anilines is 1. The Bertz CT molecular complexity index is 1020. The Morgan fingerprint density at radius 1 is 1.19 bits per heavy atom. The molecule has 0 atom stereocenters. The molecule has 0 unspecified atom stereocenters. The van der Waals surface area contributed by atoms with E-state index in [2.05, 4.69) is 5.32 Å². The molecule has 0 spiro atoms. The number of carbonyl (C=O) groups is 2. The van der Waals surface area contributed by atoms with Crippen LogP contribution < -0.4 is 10.2 Å². The Kier molecular flexibility index (Phi) is 5.53. The van der Waals surface area contributed by atoms with Gasteiger partial charge in [-0.2, -0.15) is 0 Å². The predicted molar refractivity (Wildman–Crippen MR) is 104 cm³/mol. The first kappa shape index (κ1) is 18.3. The van der Waals surface area contributed by atoms with E-state index in [1.807, 2.05) is 31.2 Å². The van der Waals surface area contributed by atoms with Crippen LogP contribution in [0, 0.1) is 0 Å². The number of hydrogen-bond acceptors (Lipinski definition) is 6. The summed E-state index contributed by atoms with van der Waals surface area (Å²) in [7, 11) is 0. The molecule has 1 amide bonds. The molecule has 2 aromatic heterocycles. The number of ether oxygens (including phenoxy) is 1. The second-order valence-corrected chi connectivity index (χ2v) is 7.63. The minimum Gasteiger partial charge on any atom is -0.462 e. The highest BCUT2D eigenvalue weighted by atomic mass is 32.1. The molecule has 0 bridgehead atoms. The van der Waals surface area contributed by atoms with Crippen LogP contribution in [0.5, 0.6) is 0 Å². The van der Waals surface area contributed by atoms with Gasteiger partial charge < -0.3 is 10.1 Å². The number of fused-ring (bicyclic) bond motifs is 1. The van der Waals surface area contributed by atoms with Gasteiger partial charge >= 0.3 is 10.8 Å². The lowest BCUT2D eigenvalue weighted by atomic mass is 10.2. The number of para-hydroxylation sites is 1. The van der Waals surface area contributed by atoms with E-state index >= 15 is 0 Å². The molecule has 3 aromatic rings. The summed E-state index contributed by atoms with van der Waals surface area (Å²) in [5.74, 6) is -0.817. The molecule has 0 aliphatic rings. The van der Waals surface area contributed by atoms with Crippen LogP contribution in [0.1, 0.15) is 29.1 Å². The van der Waals surface area contributed by atoms with Crippen molar-refractivity contribution in [3.8, 4) is 0 Å². The van der Waals surface area contributed by atoms with E-state index in [0.717, 1.165) is 32.9 Å². The summed E-state index contributed by atoms with van der Waals surface area (Å²) in [4.78, 5) is 37.5. The zero-order chi connectivity index (χ0) is 18.7. The minimum absolute atomic E-state index is 0.107. The molecule has 0 saturated heterocycles. The maximum atomic E-state index is 12.5. The Balaban J connectivity index is 1.84. The summed E-state index contributed by atoms with van der Waals surface area (Å²) in [5.41, 5.74) is 1.08. The molecular weight excluding hydrogens is 372 g/mol. The van der Waals surface area contributed by atoms with E-state index in [-0.39, 0.29) is 23.9 Å². The second-order valence-electron chi connectivity index (χ2n) is 5.50. The zero-order valence-corrected chi connectivity index (χ0v) is 16.0. The number of aromatic nitrogens is 1. The van der Waals surface area contributed by atoms with Crippen molar-refractivity contribution in [3.63, 3.8) is 0 Å². The molecule has 3 rings (SSSR count). The van der Waals surface area contributed by atoms with Crippen molar-refractivity contribution in [2.45, 2.75) is 26.8 Å². The number of rotatable bonds is 6. The maximum absolute atomic E-state index is 12.5. The number of amides is 1. The van der Waals surface area contributed by atoms with Crippen molar-refractivity contribution in [2.24, 2.45) is 0 Å². The van der Waals surface area contributed by atoms with Gasteiger partial charge in [-0.05, 0) is 31.5 Å². The summed E-state index contributed by atoms with van der Waals surface area (Å²) < 4.78 is 7.33. The largest absolute Gasteiger partial charge is 0.462 e. The third-order valence-corrected chi connectivity index (χ3v) is 5.91. The van der Waals surface area contributed by atoms with Gasteiger partial charge in [0, 0.05) is 4.88 Å². The summed E-state index contributed by atoms with van der Waals surface area (Å²) in [6.45, 7) is 3.87. The van der Waals surface area contributed by atoms with Gasteiger partial charge in [-0.1, -0.05) is 30.4 Å². The standard InChI is InChI=1S/C18H18N2O4S2/c1-3-11-9-12(17(22)24-4-2)16(25-11)19-15(21)10-20-13-7-5-6-8-14(13)26-18(20)23/h5-9H,3-4,10H2,1-2H3,(H,19,21). The summed E-state index contributed by atoms with van der Waals surface area (Å²) in [6, 6.07) is 9.08. The third kappa shape index (κ3) is 3.71. The molecule has 6 nitrogen and oxygen atoms in total. The number of carbonyl (C=O) groups excluding carboxylic acids is 2. The highest BCUT2D eigenvalue weighted by molar-refractivity contribution is 7.17. The van der Waals surface area contributed by atoms with Crippen LogP contribution in [0.25, 0.3) is 10.2 Å². The third-order valence-electron chi connectivity index (χ3n) is 3.76. The van der Waals surface area contributed by atoms with Gasteiger partial charge in [0.25, 0.3) is 0 Å². The number of nitrogens with one attached hydrogen (secondary N) is 1. The molecule has 0 aliphatic carbocycles. The fraction of sp³-hybridized carbons (Fsp3) is 0.278. The van der Waals surface area contributed by atoms with E-state index in [0.29, 0.717) is 10.6 Å². The zero-order valence-electron chi connectivity index (χ0n) is 14.4.